The predicted octanol–water partition coefficient (Wildman–Crippen LogP) is 7.30. The molecule has 0 radical (unpaired) electrons. The fourth-order valence-electron chi connectivity index (χ4n) is 3.19. The Morgan fingerprint density at radius 1 is 0.562 bits per heavy atom. The lowest BCUT2D eigenvalue weighted by Gasteiger charge is -2.11. The molecule has 0 spiro atoms. The van der Waals surface area contributed by atoms with Crippen LogP contribution in [0, 0.1) is 30.2 Å². The van der Waals surface area contributed by atoms with Crippen LogP contribution in [0.2, 0.25) is 0 Å². The topological polar surface area (TPSA) is 18.5 Å². The van der Waals surface area contributed by atoms with Gasteiger partial charge in [0.2, 0.25) is 6.79 Å². The maximum absolute atomic E-state index is 14.4. The Bertz CT molecular complexity index is 1210. The number of aryl methyl sites for hydroxylation is 1. The molecule has 0 heterocycles. The van der Waals surface area contributed by atoms with Gasteiger partial charge < -0.3 is 9.47 Å². The molecule has 32 heavy (non-hydrogen) atoms. The molecule has 0 amide bonds. The Labute approximate surface area is 182 Å². The van der Waals surface area contributed by atoms with Crippen LogP contribution in [0.25, 0.3) is 22.3 Å². The van der Waals surface area contributed by atoms with Crippen molar-refractivity contribution in [1.82, 2.24) is 0 Å². The molecule has 0 bridgehead atoms. The van der Waals surface area contributed by atoms with Gasteiger partial charge in [-0.1, -0.05) is 42.0 Å². The van der Waals surface area contributed by atoms with E-state index >= 15 is 0 Å². The number of hydrogen-bond acceptors (Lipinski definition) is 2. The Balaban J connectivity index is 1.38. The molecule has 4 rings (SSSR count). The highest BCUT2D eigenvalue weighted by Crippen LogP contribution is 2.29. The molecule has 2 nitrogen and oxygen atoms in total. The quantitative estimate of drug-likeness (QED) is 0.179. The first-order valence-electron chi connectivity index (χ1n) is 9.78. The van der Waals surface area contributed by atoms with Crippen LogP contribution >= 0.6 is 0 Å². The van der Waals surface area contributed by atoms with Gasteiger partial charge in [0.1, 0.15) is 17.3 Å². The van der Waals surface area contributed by atoms with Gasteiger partial charge in [-0.2, -0.15) is 0 Å². The number of benzene rings is 4. The standard InChI is InChI=1S/C26H18F4O2/c1-16-2-4-17(5-3-16)18-6-8-20(9-7-18)31-15-32-21-10-11-22(23(27)14-21)19-12-24(28)26(30)25(29)13-19/h2-14H,15H2,1H3. The fourth-order valence-corrected chi connectivity index (χ4v) is 3.19. The highest BCUT2D eigenvalue weighted by Gasteiger charge is 2.14. The Kier molecular flexibility index (Phi) is 6.12. The van der Waals surface area contributed by atoms with Crippen LogP contribution in [0.15, 0.2) is 78.9 Å². The summed E-state index contributed by atoms with van der Waals surface area (Å²) in [6.07, 6.45) is 0. The molecule has 0 fully saturated rings. The van der Waals surface area contributed by atoms with Crippen molar-refractivity contribution in [2.45, 2.75) is 6.92 Å². The van der Waals surface area contributed by atoms with Gasteiger partial charge in [0.05, 0.1) is 0 Å². The summed E-state index contributed by atoms with van der Waals surface area (Å²) in [7, 11) is 0. The molecule has 0 aromatic heterocycles. The van der Waals surface area contributed by atoms with Crippen LogP contribution in [0.4, 0.5) is 17.6 Å². The van der Waals surface area contributed by atoms with Gasteiger partial charge in [-0.3, -0.25) is 0 Å². The van der Waals surface area contributed by atoms with Gasteiger partial charge >= 0.3 is 0 Å². The molecular weight excluding hydrogens is 420 g/mol. The number of rotatable bonds is 6. The average molecular weight is 438 g/mol. The molecule has 0 saturated carbocycles. The van der Waals surface area contributed by atoms with E-state index in [0.29, 0.717) is 5.75 Å². The largest absolute Gasteiger partial charge is 0.458 e. The lowest BCUT2D eigenvalue weighted by atomic mass is 10.0. The van der Waals surface area contributed by atoms with Crippen LogP contribution in [-0.4, -0.2) is 6.79 Å². The van der Waals surface area contributed by atoms with E-state index in [1.165, 1.54) is 17.7 Å². The minimum absolute atomic E-state index is 0.0808. The third kappa shape index (κ3) is 4.75. The normalized spacial score (nSPS) is 10.8. The van der Waals surface area contributed by atoms with Crippen molar-refractivity contribution in [3.8, 4) is 33.8 Å². The van der Waals surface area contributed by atoms with E-state index in [9.17, 15) is 17.6 Å². The van der Waals surface area contributed by atoms with E-state index in [1.54, 1.807) is 12.1 Å². The maximum Gasteiger partial charge on any atom is 0.230 e. The molecule has 0 atom stereocenters. The first-order valence-corrected chi connectivity index (χ1v) is 9.78. The van der Waals surface area contributed by atoms with Crippen molar-refractivity contribution in [3.63, 3.8) is 0 Å². The van der Waals surface area contributed by atoms with Crippen molar-refractivity contribution < 1.29 is 27.0 Å². The molecule has 4 aromatic rings. The summed E-state index contributed by atoms with van der Waals surface area (Å²) in [5.74, 6) is -4.39. The smallest absolute Gasteiger partial charge is 0.230 e. The van der Waals surface area contributed by atoms with E-state index in [0.717, 1.165) is 29.3 Å². The lowest BCUT2D eigenvalue weighted by Crippen LogP contribution is -2.05. The van der Waals surface area contributed by atoms with E-state index in [4.69, 9.17) is 9.47 Å². The maximum atomic E-state index is 14.4. The van der Waals surface area contributed by atoms with Gasteiger partial charge in [0.25, 0.3) is 0 Å². The summed E-state index contributed by atoms with van der Waals surface area (Å²) < 4.78 is 65.3. The lowest BCUT2D eigenvalue weighted by molar-refractivity contribution is 0.119. The second kappa shape index (κ2) is 9.14. The number of ether oxygens (including phenoxy) is 2. The van der Waals surface area contributed by atoms with Crippen molar-refractivity contribution in [3.05, 3.63) is 108 Å². The SMILES string of the molecule is Cc1ccc(-c2ccc(OCOc3ccc(-c4cc(F)c(F)c(F)c4)c(F)c3)cc2)cc1. The molecule has 162 valence electrons. The van der Waals surface area contributed by atoms with Crippen LogP contribution < -0.4 is 9.47 Å². The Morgan fingerprint density at radius 3 is 1.69 bits per heavy atom. The molecule has 0 saturated heterocycles. The Hall–Kier alpha value is -3.80. The van der Waals surface area contributed by atoms with E-state index in [-0.39, 0.29) is 23.7 Å². The van der Waals surface area contributed by atoms with Crippen molar-refractivity contribution in [1.29, 1.82) is 0 Å². The van der Waals surface area contributed by atoms with Gasteiger partial charge in [0, 0.05) is 11.6 Å². The minimum atomic E-state index is -1.60. The zero-order valence-electron chi connectivity index (χ0n) is 17.0. The van der Waals surface area contributed by atoms with Gasteiger partial charge in [-0.15, -0.1) is 0 Å². The number of halogens is 4. The summed E-state index contributed by atoms with van der Waals surface area (Å²) in [5, 5.41) is 0. The molecule has 6 heteroatoms. The van der Waals surface area contributed by atoms with Crippen LogP contribution in [0.3, 0.4) is 0 Å². The molecular formula is C26H18F4O2. The summed E-state index contributed by atoms with van der Waals surface area (Å²) in [6.45, 7) is 1.87. The number of hydrogen-bond donors (Lipinski definition) is 0. The summed E-state index contributed by atoms with van der Waals surface area (Å²) >= 11 is 0. The highest BCUT2D eigenvalue weighted by molar-refractivity contribution is 5.65. The highest BCUT2D eigenvalue weighted by atomic mass is 19.2. The van der Waals surface area contributed by atoms with Crippen LogP contribution in [0.1, 0.15) is 5.56 Å². The van der Waals surface area contributed by atoms with Crippen LogP contribution in [0.5, 0.6) is 11.5 Å². The molecule has 0 aliphatic rings. The van der Waals surface area contributed by atoms with Gasteiger partial charge in [-0.25, -0.2) is 17.6 Å². The van der Waals surface area contributed by atoms with Gasteiger partial charge in [-0.05, 0) is 60.0 Å². The van der Waals surface area contributed by atoms with Crippen molar-refractivity contribution >= 4 is 0 Å². The van der Waals surface area contributed by atoms with E-state index < -0.39 is 23.3 Å². The third-order valence-corrected chi connectivity index (χ3v) is 4.93. The average Bonchev–Trinajstić information content (AvgIpc) is 2.78. The second-order valence-electron chi connectivity index (χ2n) is 7.19. The van der Waals surface area contributed by atoms with E-state index in [1.807, 2.05) is 43.3 Å². The van der Waals surface area contributed by atoms with Crippen molar-refractivity contribution in [2.75, 3.05) is 6.79 Å². The Morgan fingerprint density at radius 2 is 1.09 bits per heavy atom. The predicted molar refractivity (Wildman–Crippen MR) is 114 cm³/mol. The molecule has 0 aliphatic heterocycles. The third-order valence-electron chi connectivity index (χ3n) is 4.93. The molecule has 0 unspecified atom stereocenters. The molecule has 0 N–H and O–H groups in total. The fraction of sp³-hybridized carbons (Fsp3) is 0.0769. The van der Waals surface area contributed by atoms with Crippen LogP contribution in [-0.2, 0) is 0 Å². The first-order chi connectivity index (χ1) is 15.4. The van der Waals surface area contributed by atoms with Gasteiger partial charge in [0.15, 0.2) is 17.5 Å². The zero-order chi connectivity index (χ0) is 22.7. The summed E-state index contributed by atoms with van der Waals surface area (Å²) in [4.78, 5) is 0. The second-order valence-corrected chi connectivity index (χ2v) is 7.19. The molecule has 4 aromatic carbocycles. The van der Waals surface area contributed by atoms with Crippen molar-refractivity contribution in [2.24, 2.45) is 0 Å². The molecule has 0 aliphatic carbocycles. The monoisotopic (exact) mass is 438 g/mol. The zero-order valence-corrected chi connectivity index (χ0v) is 17.0. The summed E-state index contributed by atoms with van der Waals surface area (Å²) in [5.41, 5.74) is 3.13. The van der Waals surface area contributed by atoms with E-state index in [2.05, 4.69) is 0 Å². The minimum Gasteiger partial charge on any atom is -0.458 e. The summed E-state index contributed by atoms with van der Waals surface area (Å²) in [6, 6.07) is 20.9. The first kappa shape index (κ1) is 21.4.